The molecule has 1 amide bonds. The Hall–Kier alpha value is -3.03. The highest BCUT2D eigenvalue weighted by Gasteiger charge is 2.25. The van der Waals surface area contributed by atoms with Crippen molar-refractivity contribution in [3.8, 4) is 5.69 Å². The van der Waals surface area contributed by atoms with E-state index in [0.717, 1.165) is 32.5 Å². The van der Waals surface area contributed by atoms with E-state index in [1.54, 1.807) is 6.20 Å². The van der Waals surface area contributed by atoms with Crippen molar-refractivity contribution >= 4 is 5.91 Å². The molecule has 4 rings (SSSR count). The maximum atomic E-state index is 13.0. The molecule has 0 atom stereocenters. The Morgan fingerprint density at radius 2 is 2.00 bits per heavy atom. The maximum absolute atomic E-state index is 13.0. The van der Waals surface area contributed by atoms with Crippen molar-refractivity contribution in [1.29, 1.82) is 0 Å². The van der Waals surface area contributed by atoms with Crippen LogP contribution in [0.5, 0.6) is 0 Å². The zero-order chi connectivity index (χ0) is 17.1. The van der Waals surface area contributed by atoms with E-state index in [4.69, 9.17) is 0 Å². The van der Waals surface area contributed by atoms with Gasteiger partial charge in [0.2, 0.25) is 0 Å². The maximum Gasteiger partial charge on any atom is 0.256 e. The molecule has 128 valence electrons. The van der Waals surface area contributed by atoms with Crippen molar-refractivity contribution in [3.05, 3.63) is 54.6 Å². The molecule has 1 fully saturated rings. The fraction of sp³-hybridized carbons (Fsp3) is 0.353. The number of hydrogen-bond donors (Lipinski definition) is 0. The molecule has 1 aliphatic rings. The van der Waals surface area contributed by atoms with Crippen molar-refractivity contribution < 1.29 is 4.79 Å². The number of benzene rings is 1. The van der Waals surface area contributed by atoms with Crippen LogP contribution in [-0.4, -0.2) is 53.9 Å². The molecule has 0 unspecified atom stereocenters. The average Bonchev–Trinajstić information content (AvgIpc) is 3.36. The first-order chi connectivity index (χ1) is 12.3. The van der Waals surface area contributed by atoms with Crippen LogP contribution in [0.1, 0.15) is 23.2 Å². The Kier molecular flexibility index (Phi) is 4.24. The van der Waals surface area contributed by atoms with Gasteiger partial charge in [-0.25, -0.2) is 0 Å². The van der Waals surface area contributed by atoms with Gasteiger partial charge >= 0.3 is 0 Å². The lowest BCUT2D eigenvalue weighted by molar-refractivity contribution is 0.0681. The van der Waals surface area contributed by atoms with Crippen LogP contribution in [0.4, 0.5) is 0 Å². The summed E-state index contributed by atoms with van der Waals surface area (Å²) in [7, 11) is 0. The smallest absolute Gasteiger partial charge is 0.256 e. The van der Waals surface area contributed by atoms with Crippen molar-refractivity contribution in [2.75, 3.05) is 13.1 Å². The van der Waals surface area contributed by atoms with Gasteiger partial charge in [-0.15, -0.1) is 5.10 Å². The van der Waals surface area contributed by atoms with Crippen LogP contribution in [-0.2, 0) is 6.54 Å². The van der Waals surface area contributed by atoms with E-state index in [-0.39, 0.29) is 5.91 Å². The van der Waals surface area contributed by atoms with Gasteiger partial charge in [-0.3, -0.25) is 9.48 Å². The Balaban J connectivity index is 1.44. The fourth-order valence-electron chi connectivity index (χ4n) is 3.29. The van der Waals surface area contributed by atoms with Crippen LogP contribution < -0.4 is 0 Å². The topological polar surface area (TPSA) is 81.7 Å². The number of amides is 1. The molecule has 1 aliphatic heterocycles. The molecule has 25 heavy (non-hydrogen) atoms. The van der Waals surface area contributed by atoms with E-state index in [1.165, 1.54) is 11.0 Å². The standard InChI is InChI=1S/C17H19N7O/c25-17(15-4-1-2-5-16(15)24-13-18-20-21-24)22-10-6-14(7-11-22)12-23-9-3-8-19-23/h1-5,8-9,13-14H,6-7,10-12H2. The first-order valence-electron chi connectivity index (χ1n) is 8.40. The molecule has 1 saturated heterocycles. The van der Waals surface area contributed by atoms with Crippen molar-refractivity contribution in [3.63, 3.8) is 0 Å². The summed E-state index contributed by atoms with van der Waals surface area (Å²) in [6.45, 7) is 2.43. The summed E-state index contributed by atoms with van der Waals surface area (Å²) in [5, 5.41) is 15.5. The highest BCUT2D eigenvalue weighted by molar-refractivity contribution is 5.97. The minimum atomic E-state index is 0.0311. The van der Waals surface area contributed by atoms with Gasteiger partial charge in [0.15, 0.2) is 0 Å². The summed E-state index contributed by atoms with van der Waals surface area (Å²) in [5.74, 6) is 0.586. The minimum Gasteiger partial charge on any atom is -0.339 e. The van der Waals surface area contributed by atoms with Gasteiger partial charge in [0.25, 0.3) is 5.91 Å². The lowest BCUT2D eigenvalue weighted by Crippen LogP contribution is -2.39. The summed E-state index contributed by atoms with van der Waals surface area (Å²) in [6, 6.07) is 9.37. The van der Waals surface area contributed by atoms with Gasteiger partial charge in [0.1, 0.15) is 6.33 Å². The van der Waals surface area contributed by atoms with Crippen LogP contribution in [0.3, 0.4) is 0 Å². The number of aromatic nitrogens is 6. The Labute approximate surface area is 145 Å². The third kappa shape index (κ3) is 3.28. The zero-order valence-electron chi connectivity index (χ0n) is 13.8. The van der Waals surface area contributed by atoms with E-state index >= 15 is 0 Å². The zero-order valence-corrected chi connectivity index (χ0v) is 13.8. The lowest BCUT2D eigenvalue weighted by atomic mass is 9.96. The summed E-state index contributed by atoms with van der Waals surface area (Å²) in [6.07, 6.45) is 7.26. The molecule has 2 aromatic heterocycles. The molecule has 3 aromatic rings. The molecule has 0 radical (unpaired) electrons. The Morgan fingerprint density at radius 3 is 2.72 bits per heavy atom. The molecule has 0 N–H and O–H groups in total. The van der Waals surface area contributed by atoms with Crippen LogP contribution in [0.15, 0.2) is 49.1 Å². The normalized spacial score (nSPS) is 15.4. The highest BCUT2D eigenvalue weighted by Crippen LogP contribution is 2.22. The quantitative estimate of drug-likeness (QED) is 0.719. The highest BCUT2D eigenvalue weighted by atomic mass is 16.2. The summed E-state index contributed by atoms with van der Waals surface area (Å²) in [5.41, 5.74) is 1.33. The number of likely N-dealkylation sites (tertiary alicyclic amines) is 1. The number of nitrogens with zero attached hydrogens (tertiary/aromatic N) is 7. The van der Waals surface area contributed by atoms with Gasteiger partial charge in [-0.05, 0) is 47.4 Å². The fourth-order valence-corrected chi connectivity index (χ4v) is 3.29. The summed E-state index contributed by atoms with van der Waals surface area (Å²) < 4.78 is 3.49. The second kappa shape index (κ2) is 6.84. The molecule has 8 nitrogen and oxygen atoms in total. The first kappa shape index (κ1) is 15.5. The molecule has 0 bridgehead atoms. The van der Waals surface area contributed by atoms with Gasteiger partial charge in [0, 0.05) is 32.0 Å². The van der Waals surface area contributed by atoms with Gasteiger partial charge in [-0.2, -0.15) is 9.78 Å². The van der Waals surface area contributed by atoms with Gasteiger partial charge in [0.05, 0.1) is 11.3 Å². The predicted octanol–water partition coefficient (Wildman–Crippen LogP) is 1.41. The number of tetrazole rings is 1. The second-order valence-electron chi connectivity index (χ2n) is 6.24. The SMILES string of the molecule is O=C(c1ccccc1-n1cnnn1)N1CCC(Cn2cccn2)CC1. The van der Waals surface area contributed by atoms with E-state index in [9.17, 15) is 4.79 Å². The third-order valence-corrected chi connectivity index (χ3v) is 4.64. The average molecular weight is 337 g/mol. The van der Waals surface area contributed by atoms with Gasteiger partial charge in [-0.1, -0.05) is 12.1 Å². The Morgan fingerprint density at radius 1 is 1.16 bits per heavy atom. The van der Waals surface area contributed by atoms with Crippen LogP contribution in [0.2, 0.25) is 0 Å². The number of rotatable bonds is 4. The van der Waals surface area contributed by atoms with E-state index in [1.807, 2.05) is 46.1 Å². The molecular formula is C17H19N7O. The van der Waals surface area contributed by atoms with Crippen molar-refractivity contribution in [2.45, 2.75) is 19.4 Å². The second-order valence-corrected chi connectivity index (χ2v) is 6.24. The number of carbonyl (C=O) groups excluding carboxylic acids is 1. The van der Waals surface area contributed by atoms with Gasteiger partial charge < -0.3 is 4.90 Å². The number of carbonyl (C=O) groups is 1. The summed E-state index contributed by atoms with van der Waals surface area (Å²) in [4.78, 5) is 14.9. The predicted molar refractivity (Wildman–Crippen MR) is 90.0 cm³/mol. The Bertz CT molecular complexity index is 821. The molecule has 0 aliphatic carbocycles. The summed E-state index contributed by atoms with van der Waals surface area (Å²) >= 11 is 0. The van der Waals surface area contributed by atoms with Crippen molar-refractivity contribution in [1.82, 2.24) is 34.9 Å². The van der Waals surface area contributed by atoms with Crippen molar-refractivity contribution in [2.24, 2.45) is 5.92 Å². The molecule has 0 saturated carbocycles. The van der Waals surface area contributed by atoms with E-state index in [2.05, 4.69) is 20.6 Å². The molecule has 8 heteroatoms. The number of piperidine rings is 1. The van der Waals surface area contributed by atoms with Crippen LogP contribution in [0, 0.1) is 5.92 Å². The molecular weight excluding hydrogens is 318 g/mol. The van der Waals surface area contributed by atoms with E-state index in [0.29, 0.717) is 17.2 Å². The minimum absolute atomic E-state index is 0.0311. The molecule has 1 aromatic carbocycles. The third-order valence-electron chi connectivity index (χ3n) is 4.64. The largest absolute Gasteiger partial charge is 0.339 e. The number of para-hydroxylation sites is 1. The van der Waals surface area contributed by atoms with Crippen LogP contribution >= 0.6 is 0 Å². The lowest BCUT2D eigenvalue weighted by Gasteiger charge is -2.32. The van der Waals surface area contributed by atoms with Crippen LogP contribution in [0.25, 0.3) is 5.69 Å². The van der Waals surface area contributed by atoms with E-state index < -0.39 is 0 Å². The first-order valence-corrected chi connectivity index (χ1v) is 8.40. The molecule has 3 heterocycles. The monoisotopic (exact) mass is 337 g/mol. The molecule has 0 spiro atoms. The number of hydrogen-bond acceptors (Lipinski definition) is 5.